The normalized spacial score (nSPS) is 16.1. The Hall–Kier alpha value is -3.03. The summed E-state index contributed by atoms with van der Waals surface area (Å²) >= 11 is 0. The zero-order chi connectivity index (χ0) is 25.9. The summed E-state index contributed by atoms with van der Waals surface area (Å²) in [4.78, 5) is 18.2. The van der Waals surface area contributed by atoms with Gasteiger partial charge in [0.25, 0.3) is 5.91 Å². The van der Waals surface area contributed by atoms with Crippen molar-refractivity contribution in [1.82, 2.24) is 9.80 Å². The fraction of sp³-hybridized carbons (Fsp3) is 0.483. The van der Waals surface area contributed by atoms with Gasteiger partial charge in [0.2, 0.25) is 5.75 Å². The third kappa shape index (κ3) is 7.24. The lowest BCUT2D eigenvalue weighted by atomic mass is 10.1. The number of amides is 1. The molecule has 3 rings (SSSR count). The zero-order valence-corrected chi connectivity index (χ0v) is 22.3. The summed E-state index contributed by atoms with van der Waals surface area (Å²) in [6.07, 6.45) is 5.38. The zero-order valence-electron chi connectivity index (χ0n) is 22.3. The number of carbonyl (C=O) groups is 1. The van der Waals surface area contributed by atoms with Crippen molar-refractivity contribution < 1.29 is 23.7 Å². The summed E-state index contributed by atoms with van der Waals surface area (Å²) in [5.41, 5.74) is 2.74. The number of hydrogen-bond acceptors (Lipinski definition) is 6. The molecule has 1 aliphatic rings. The Morgan fingerprint density at radius 1 is 1.06 bits per heavy atom. The van der Waals surface area contributed by atoms with E-state index in [0.717, 1.165) is 37.3 Å². The van der Waals surface area contributed by atoms with E-state index in [9.17, 15) is 4.79 Å². The van der Waals surface area contributed by atoms with Crippen LogP contribution >= 0.6 is 0 Å². The molecule has 0 aromatic heterocycles. The minimum absolute atomic E-state index is 0.0649. The maximum absolute atomic E-state index is 13.8. The number of ether oxygens (including phenoxy) is 4. The van der Waals surface area contributed by atoms with Gasteiger partial charge in [0, 0.05) is 38.3 Å². The van der Waals surface area contributed by atoms with E-state index in [1.807, 2.05) is 23.1 Å². The first-order valence-corrected chi connectivity index (χ1v) is 12.5. The van der Waals surface area contributed by atoms with E-state index >= 15 is 0 Å². The average Bonchev–Trinajstić information content (AvgIpc) is 3.34. The molecule has 0 N–H and O–H groups in total. The van der Waals surface area contributed by atoms with Crippen LogP contribution in [0.2, 0.25) is 0 Å². The molecular formula is C29H40N2O5. The maximum atomic E-state index is 13.8. The van der Waals surface area contributed by atoms with Crippen LogP contribution in [0.5, 0.6) is 17.2 Å². The molecule has 0 bridgehead atoms. The lowest BCUT2D eigenvalue weighted by molar-refractivity contribution is 0.0752. The standard InChI is InChI=1S/C29H40N2O5/c1-22(17-23-11-7-6-8-12-23)20-31(16-10-15-30-14-9-13-25(30)21-33-2)29(32)24-18-26(34-3)28(36-5)27(19-24)35-4/h6-8,11-12,17-19,25H,9-10,13-16,20-21H2,1-5H3/t25-/m1/s1. The molecule has 2 aromatic rings. The van der Waals surface area contributed by atoms with Gasteiger partial charge in [-0.25, -0.2) is 0 Å². The summed E-state index contributed by atoms with van der Waals surface area (Å²) in [7, 11) is 6.43. The second kappa shape index (κ2) is 13.9. The van der Waals surface area contributed by atoms with Gasteiger partial charge in [-0.2, -0.15) is 0 Å². The molecule has 7 nitrogen and oxygen atoms in total. The van der Waals surface area contributed by atoms with Gasteiger partial charge in [0.05, 0.1) is 27.9 Å². The molecule has 1 heterocycles. The molecule has 196 valence electrons. The van der Waals surface area contributed by atoms with Gasteiger partial charge in [-0.05, 0) is 50.4 Å². The van der Waals surface area contributed by atoms with E-state index in [4.69, 9.17) is 18.9 Å². The lowest BCUT2D eigenvalue weighted by Gasteiger charge is -2.27. The SMILES string of the molecule is COC[C@H]1CCCN1CCCN(CC(C)=Cc1ccccc1)C(=O)c1cc(OC)c(OC)c(OC)c1. The van der Waals surface area contributed by atoms with Gasteiger partial charge in [-0.3, -0.25) is 9.69 Å². The Balaban J connectivity index is 1.81. The molecular weight excluding hydrogens is 456 g/mol. The molecule has 0 unspecified atom stereocenters. The molecule has 0 aliphatic carbocycles. The van der Waals surface area contributed by atoms with E-state index in [1.165, 1.54) is 12.8 Å². The lowest BCUT2D eigenvalue weighted by Crippen LogP contribution is -2.38. The largest absolute Gasteiger partial charge is 0.493 e. The smallest absolute Gasteiger partial charge is 0.254 e. The quantitative estimate of drug-likeness (QED) is 0.399. The van der Waals surface area contributed by atoms with Gasteiger partial charge >= 0.3 is 0 Å². The summed E-state index contributed by atoms with van der Waals surface area (Å²) in [6.45, 7) is 6.03. The van der Waals surface area contributed by atoms with Crippen LogP contribution in [0.15, 0.2) is 48.0 Å². The molecule has 1 atom stereocenters. The highest BCUT2D eigenvalue weighted by Crippen LogP contribution is 2.38. The number of nitrogens with zero attached hydrogens (tertiary/aromatic N) is 2. The van der Waals surface area contributed by atoms with E-state index in [0.29, 0.717) is 41.9 Å². The Labute approximate surface area is 215 Å². The molecule has 1 amide bonds. The third-order valence-corrected chi connectivity index (χ3v) is 6.58. The predicted octanol–water partition coefficient (Wildman–Crippen LogP) is 4.76. The molecule has 0 spiro atoms. The highest BCUT2D eigenvalue weighted by atomic mass is 16.5. The second-order valence-electron chi connectivity index (χ2n) is 9.18. The van der Waals surface area contributed by atoms with Crippen LogP contribution in [0.25, 0.3) is 6.08 Å². The van der Waals surface area contributed by atoms with Crippen molar-refractivity contribution in [2.24, 2.45) is 0 Å². The first-order chi connectivity index (χ1) is 17.5. The van der Waals surface area contributed by atoms with Crippen LogP contribution in [0.3, 0.4) is 0 Å². The number of benzene rings is 2. The summed E-state index contributed by atoms with van der Waals surface area (Å²) in [6, 6.07) is 14.1. The number of hydrogen-bond donors (Lipinski definition) is 0. The number of carbonyl (C=O) groups excluding carboxylic acids is 1. The van der Waals surface area contributed by atoms with Crippen molar-refractivity contribution in [2.75, 3.05) is 61.2 Å². The van der Waals surface area contributed by atoms with Crippen LogP contribution in [0.4, 0.5) is 0 Å². The summed E-state index contributed by atoms with van der Waals surface area (Å²) < 4.78 is 21.8. The van der Waals surface area contributed by atoms with Gasteiger partial charge < -0.3 is 23.8 Å². The number of likely N-dealkylation sites (tertiary alicyclic amines) is 1. The predicted molar refractivity (Wildman–Crippen MR) is 143 cm³/mol. The number of rotatable bonds is 13. The van der Waals surface area contributed by atoms with Crippen molar-refractivity contribution in [3.8, 4) is 17.2 Å². The molecule has 1 saturated heterocycles. The molecule has 2 aromatic carbocycles. The minimum Gasteiger partial charge on any atom is -0.493 e. The highest BCUT2D eigenvalue weighted by Gasteiger charge is 2.25. The van der Waals surface area contributed by atoms with Crippen LogP contribution in [-0.2, 0) is 4.74 Å². The maximum Gasteiger partial charge on any atom is 0.254 e. The van der Waals surface area contributed by atoms with Crippen molar-refractivity contribution in [3.05, 3.63) is 59.2 Å². The molecule has 36 heavy (non-hydrogen) atoms. The Kier molecular flexibility index (Phi) is 10.6. The molecule has 1 aliphatic heterocycles. The van der Waals surface area contributed by atoms with E-state index in [1.54, 1.807) is 40.6 Å². The van der Waals surface area contributed by atoms with Gasteiger partial charge in [-0.1, -0.05) is 42.0 Å². The Morgan fingerprint density at radius 2 is 1.75 bits per heavy atom. The molecule has 1 fully saturated rings. The monoisotopic (exact) mass is 496 g/mol. The first kappa shape index (κ1) is 27.6. The van der Waals surface area contributed by atoms with E-state index in [2.05, 4.69) is 30.0 Å². The van der Waals surface area contributed by atoms with Crippen molar-refractivity contribution in [1.29, 1.82) is 0 Å². The van der Waals surface area contributed by atoms with Crippen LogP contribution in [0.1, 0.15) is 42.1 Å². The van der Waals surface area contributed by atoms with Crippen molar-refractivity contribution in [2.45, 2.75) is 32.2 Å². The van der Waals surface area contributed by atoms with Crippen molar-refractivity contribution in [3.63, 3.8) is 0 Å². The second-order valence-corrected chi connectivity index (χ2v) is 9.18. The van der Waals surface area contributed by atoms with E-state index < -0.39 is 0 Å². The van der Waals surface area contributed by atoms with Crippen LogP contribution < -0.4 is 14.2 Å². The summed E-state index contributed by atoms with van der Waals surface area (Å²) in [5, 5.41) is 0. The minimum atomic E-state index is -0.0649. The van der Waals surface area contributed by atoms with Gasteiger partial charge in [-0.15, -0.1) is 0 Å². The first-order valence-electron chi connectivity index (χ1n) is 12.5. The van der Waals surface area contributed by atoms with Crippen LogP contribution in [0, 0.1) is 0 Å². The third-order valence-electron chi connectivity index (χ3n) is 6.58. The highest BCUT2D eigenvalue weighted by molar-refractivity contribution is 5.96. The number of methoxy groups -OCH3 is 4. The summed E-state index contributed by atoms with van der Waals surface area (Å²) in [5.74, 6) is 1.35. The fourth-order valence-electron chi connectivity index (χ4n) is 4.86. The molecule has 0 saturated carbocycles. The van der Waals surface area contributed by atoms with Gasteiger partial charge in [0.15, 0.2) is 11.5 Å². The van der Waals surface area contributed by atoms with Crippen LogP contribution in [-0.4, -0.2) is 83.0 Å². The molecule has 7 heteroatoms. The van der Waals surface area contributed by atoms with Crippen molar-refractivity contribution >= 4 is 12.0 Å². The fourth-order valence-corrected chi connectivity index (χ4v) is 4.86. The Morgan fingerprint density at radius 3 is 2.36 bits per heavy atom. The van der Waals surface area contributed by atoms with Gasteiger partial charge in [0.1, 0.15) is 0 Å². The molecule has 0 radical (unpaired) electrons. The average molecular weight is 497 g/mol. The topological polar surface area (TPSA) is 60.5 Å². The van der Waals surface area contributed by atoms with E-state index in [-0.39, 0.29) is 5.91 Å². The Bertz CT molecular complexity index is 983.